The monoisotopic (exact) mass is 487 g/mol. The van der Waals surface area contributed by atoms with Gasteiger partial charge in [-0.1, -0.05) is 26.5 Å². The van der Waals surface area contributed by atoms with Gasteiger partial charge in [-0.25, -0.2) is 4.98 Å². The summed E-state index contributed by atoms with van der Waals surface area (Å²) in [5, 5.41) is 3.30. The Labute approximate surface area is 215 Å². The summed E-state index contributed by atoms with van der Waals surface area (Å²) in [6.45, 7) is 14.5. The van der Waals surface area contributed by atoms with Crippen LogP contribution in [0.2, 0.25) is 0 Å². The number of nitrogens with zero attached hydrogens (tertiary/aromatic N) is 2. The maximum absolute atomic E-state index is 12.2. The van der Waals surface area contributed by atoms with Gasteiger partial charge in [-0.05, 0) is 81.6 Å². The number of hydrogen-bond donors (Lipinski definition) is 1. The van der Waals surface area contributed by atoms with E-state index in [0.29, 0.717) is 22.8 Å². The molecule has 0 aliphatic rings. The molecule has 1 heterocycles. The fourth-order valence-electron chi connectivity index (χ4n) is 3.40. The third kappa shape index (κ3) is 6.66. The molecular formula is C30H37N3O3. The zero-order chi connectivity index (χ0) is 26.5. The Bertz CT molecular complexity index is 1210. The minimum absolute atomic E-state index is 0.0554. The molecule has 2 aromatic carbocycles. The van der Waals surface area contributed by atoms with E-state index in [1.807, 2.05) is 31.3 Å². The predicted molar refractivity (Wildman–Crippen MR) is 147 cm³/mol. The Kier molecular flexibility index (Phi) is 8.41. The molecule has 1 amide bonds. The van der Waals surface area contributed by atoms with E-state index in [4.69, 9.17) is 9.47 Å². The lowest BCUT2D eigenvalue weighted by atomic mass is 10.0. The number of carbonyl (C=O) groups excluding carboxylic acids is 1. The largest absolute Gasteiger partial charge is 0.487 e. The second-order valence-corrected chi connectivity index (χ2v) is 9.65. The Morgan fingerprint density at radius 2 is 1.69 bits per heavy atom. The van der Waals surface area contributed by atoms with Crippen molar-refractivity contribution in [1.29, 1.82) is 0 Å². The summed E-state index contributed by atoms with van der Waals surface area (Å²) in [7, 11) is 3.46. The highest BCUT2D eigenvalue weighted by Gasteiger charge is 2.21. The molecule has 3 aromatic rings. The summed E-state index contributed by atoms with van der Waals surface area (Å²) in [6, 6.07) is 15.0. The summed E-state index contributed by atoms with van der Waals surface area (Å²) < 4.78 is 12.7. The van der Waals surface area contributed by atoms with Crippen LogP contribution in [0, 0.1) is 6.92 Å². The standard InChI is InChI=1S/C30H37N3O3/c1-9-22-11-16-28(31-19-22)32-21(4)24-17-26(20(3)27(18-24)36-30(5,6)10-2)35-25-14-12-23(13-15-25)29(34)33(7)8/h11-19H,4,9-10H2,1-3,5-8H3,(H,31,32). The normalized spacial score (nSPS) is 11.1. The lowest BCUT2D eigenvalue weighted by molar-refractivity contribution is 0.0827. The van der Waals surface area contributed by atoms with Gasteiger partial charge in [0.15, 0.2) is 0 Å². The van der Waals surface area contributed by atoms with Crippen molar-refractivity contribution < 1.29 is 14.3 Å². The molecule has 0 spiro atoms. The van der Waals surface area contributed by atoms with Crippen molar-refractivity contribution in [2.75, 3.05) is 19.4 Å². The summed E-state index contributed by atoms with van der Waals surface area (Å²) >= 11 is 0. The zero-order valence-electron chi connectivity index (χ0n) is 22.4. The minimum Gasteiger partial charge on any atom is -0.487 e. The number of rotatable bonds is 10. The highest BCUT2D eigenvalue weighted by Crippen LogP contribution is 2.37. The van der Waals surface area contributed by atoms with E-state index < -0.39 is 0 Å². The second-order valence-electron chi connectivity index (χ2n) is 9.65. The lowest BCUT2D eigenvalue weighted by Gasteiger charge is -2.27. The molecule has 0 fully saturated rings. The van der Waals surface area contributed by atoms with Crippen LogP contribution in [0.3, 0.4) is 0 Å². The Hall–Kier alpha value is -3.80. The van der Waals surface area contributed by atoms with Crippen LogP contribution >= 0.6 is 0 Å². The topological polar surface area (TPSA) is 63.7 Å². The number of benzene rings is 2. The van der Waals surface area contributed by atoms with Crippen LogP contribution < -0.4 is 14.8 Å². The number of aryl methyl sites for hydroxylation is 1. The zero-order valence-corrected chi connectivity index (χ0v) is 22.4. The van der Waals surface area contributed by atoms with Gasteiger partial charge in [0.05, 0.1) is 0 Å². The molecular weight excluding hydrogens is 450 g/mol. The van der Waals surface area contributed by atoms with Crippen molar-refractivity contribution in [3.8, 4) is 17.2 Å². The van der Waals surface area contributed by atoms with Gasteiger partial charge in [0.2, 0.25) is 0 Å². The molecule has 1 N–H and O–H groups in total. The number of nitrogens with one attached hydrogen (secondary N) is 1. The molecule has 0 atom stereocenters. The van der Waals surface area contributed by atoms with Crippen molar-refractivity contribution in [2.45, 2.75) is 53.1 Å². The van der Waals surface area contributed by atoms with Gasteiger partial charge < -0.3 is 19.7 Å². The molecule has 0 radical (unpaired) electrons. The third-order valence-corrected chi connectivity index (χ3v) is 6.15. The molecule has 0 bridgehead atoms. The third-order valence-electron chi connectivity index (χ3n) is 6.15. The van der Waals surface area contributed by atoms with E-state index in [0.717, 1.165) is 35.5 Å². The first-order valence-electron chi connectivity index (χ1n) is 12.3. The molecule has 1 aromatic heterocycles. The van der Waals surface area contributed by atoms with E-state index in [1.165, 1.54) is 5.56 Å². The molecule has 0 unspecified atom stereocenters. The number of anilines is 1. The summed E-state index contributed by atoms with van der Waals surface area (Å²) in [4.78, 5) is 18.3. The number of hydrogen-bond acceptors (Lipinski definition) is 5. The maximum atomic E-state index is 12.2. The number of carbonyl (C=O) groups is 1. The first-order valence-corrected chi connectivity index (χ1v) is 12.3. The molecule has 6 heteroatoms. The summed E-state index contributed by atoms with van der Waals surface area (Å²) in [6.07, 6.45) is 3.65. The van der Waals surface area contributed by atoms with Gasteiger partial charge in [0.1, 0.15) is 28.7 Å². The molecule has 0 aliphatic carbocycles. The SMILES string of the molecule is C=C(Nc1ccc(CC)cn1)c1cc(Oc2ccc(C(=O)N(C)C)cc2)c(C)c(OC(C)(C)CC)c1. The van der Waals surface area contributed by atoms with E-state index in [-0.39, 0.29) is 11.5 Å². The number of aromatic nitrogens is 1. The van der Waals surface area contributed by atoms with Crippen LogP contribution in [-0.2, 0) is 6.42 Å². The highest BCUT2D eigenvalue weighted by atomic mass is 16.5. The van der Waals surface area contributed by atoms with Gasteiger partial charge in [-0.3, -0.25) is 4.79 Å². The van der Waals surface area contributed by atoms with Crippen molar-refractivity contribution in [3.63, 3.8) is 0 Å². The smallest absolute Gasteiger partial charge is 0.253 e. The van der Waals surface area contributed by atoms with Crippen LogP contribution in [0.15, 0.2) is 61.3 Å². The lowest BCUT2D eigenvalue weighted by Crippen LogP contribution is -2.27. The first-order chi connectivity index (χ1) is 17.0. The fraction of sp³-hybridized carbons (Fsp3) is 0.333. The highest BCUT2D eigenvalue weighted by molar-refractivity contribution is 5.94. The van der Waals surface area contributed by atoms with Gasteiger partial charge in [0, 0.05) is 42.7 Å². The van der Waals surface area contributed by atoms with Gasteiger partial charge >= 0.3 is 0 Å². The summed E-state index contributed by atoms with van der Waals surface area (Å²) in [5.41, 5.74) is 3.83. The second kappa shape index (κ2) is 11.3. The molecule has 0 saturated carbocycles. The van der Waals surface area contributed by atoms with Crippen molar-refractivity contribution >= 4 is 17.4 Å². The number of amides is 1. The molecule has 3 rings (SSSR count). The van der Waals surface area contributed by atoms with Crippen LogP contribution in [0.1, 0.15) is 61.2 Å². The van der Waals surface area contributed by atoms with Crippen molar-refractivity contribution in [2.24, 2.45) is 0 Å². The van der Waals surface area contributed by atoms with Crippen LogP contribution in [-0.4, -0.2) is 35.5 Å². The van der Waals surface area contributed by atoms with Crippen LogP contribution in [0.4, 0.5) is 5.82 Å². The maximum Gasteiger partial charge on any atom is 0.253 e. The van der Waals surface area contributed by atoms with Gasteiger partial charge in [0.25, 0.3) is 5.91 Å². The van der Waals surface area contributed by atoms with E-state index in [1.54, 1.807) is 43.3 Å². The molecule has 190 valence electrons. The average molecular weight is 488 g/mol. The van der Waals surface area contributed by atoms with Crippen molar-refractivity contribution in [3.05, 3.63) is 83.6 Å². The van der Waals surface area contributed by atoms with E-state index >= 15 is 0 Å². The Morgan fingerprint density at radius 1 is 1.03 bits per heavy atom. The van der Waals surface area contributed by atoms with Gasteiger partial charge in [-0.2, -0.15) is 0 Å². The minimum atomic E-state index is -0.346. The van der Waals surface area contributed by atoms with Crippen molar-refractivity contribution in [1.82, 2.24) is 9.88 Å². The molecule has 36 heavy (non-hydrogen) atoms. The molecule has 0 saturated heterocycles. The molecule has 6 nitrogen and oxygen atoms in total. The van der Waals surface area contributed by atoms with Gasteiger partial charge in [-0.15, -0.1) is 0 Å². The average Bonchev–Trinajstić information content (AvgIpc) is 2.86. The Morgan fingerprint density at radius 3 is 2.25 bits per heavy atom. The van der Waals surface area contributed by atoms with Crippen LogP contribution in [0.25, 0.3) is 5.70 Å². The quantitative estimate of drug-likeness (QED) is 0.330. The summed E-state index contributed by atoms with van der Waals surface area (Å²) in [5.74, 6) is 2.67. The van der Waals surface area contributed by atoms with Crippen LogP contribution in [0.5, 0.6) is 17.2 Å². The van der Waals surface area contributed by atoms with E-state index in [9.17, 15) is 4.79 Å². The first kappa shape index (κ1) is 26.8. The molecule has 0 aliphatic heterocycles. The fourth-order valence-corrected chi connectivity index (χ4v) is 3.40. The Balaban J connectivity index is 1.94. The van der Waals surface area contributed by atoms with E-state index in [2.05, 4.69) is 50.6 Å². The number of ether oxygens (including phenoxy) is 2. The number of pyridine rings is 1. The predicted octanol–water partition coefficient (Wildman–Crippen LogP) is 7.10.